The molecular weight excluding hydrogens is 256 g/mol. The Morgan fingerprint density at radius 2 is 1.29 bits per heavy atom. The number of rotatable bonds is 1. The zero-order chi connectivity index (χ0) is 14.4. The molecule has 3 aromatic rings. The molecule has 1 nitrogen and oxygen atoms in total. The predicted octanol–water partition coefficient (Wildman–Crippen LogP) is 5.55. The zero-order valence-corrected chi connectivity index (χ0v) is 12.2. The van der Waals surface area contributed by atoms with Crippen molar-refractivity contribution in [3.05, 3.63) is 83.3 Å². The van der Waals surface area contributed by atoms with E-state index in [1.807, 2.05) is 6.92 Å². The summed E-state index contributed by atoms with van der Waals surface area (Å²) in [6, 6.07) is 19.3. The first-order valence-electron chi connectivity index (χ1n) is 7.22. The maximum absolute atomic E-state index is 5.49. The normalized spacial score (nSPS) is 12.2. The van der Waals surface area contributed by atoms with Crippen LogP contribution in [0.15, 0.2) is 65.3 Å². The van der Waals surface area contributed by atoms with Crippen molar-refractivity contribution in [2.45, 2.75) is 13.8 Å². The standard InChI is InChI=1S/C20H16O/c1-13(15-11-12-21-14(15)2)20-18-9-5-3-7-16(18)17-8-4-6-10-19(17)20/h3-12H,1-2H3. The molecule has 4 rings (SSSR count). The molecule has 1 aliphatic carbocycles. The van der Waals surface area contributed by atoms with Gasteiger partial charge < -0.3 is 4.42 Å². The van der Waals surface area contributed by atoms with Crippen molar-refractivity contribution in [1.29, 1.82) is 0 Å². The molecule has 0 radical (unpaired) electrons. The Morgan fingerprint density at radius 3 is 1.76 bits per heavy atom. The first-order valence-corrected chi connectivity index (χ1v) is 7.22. The quantitative estimate of drug-likeness (QED) is 0.443. The fourth-order valence-corrected chi connectivity index (χ4v) is 3.33. The van der Waals surface area contributed by atoms with E-state index in [2.05, 4.69) is 61.5 Å². The Labute approximate surface area is 124 Å². The van der Waals surface area contributed by atoms with E-state index >= 15 is 0 Å². The van der Waals surface area contributed by atoms with Gasteiger partial charge in [0.05, 0.1) is 6.26 Å². The third-order valence-electron chi connectivity index (χ3n) is 4.32. The summed E-state index contributed by atoms with van der Waals surface area (Å²) in [6.07, 6.45) is 1.77. The van der Waals surface area contributed by atoms with Crippen LogP contribution in [0.4, 0.5) is 0 Å². The van der Waals surface area contributed by atoms with Gasteiger partial charge in [0.25, 0.3) is 0 Å². The minimum atomic E-state index is 0.974. The monoisotopic (exact) mass is 272 g/mol. The molecule has 1 aliphatic rings. The van der Waals surface area contributed by atoms with Crippen molar-refractivity contribution in [3.8, 4) is 11.1 Å². The van der Waals surface area contributed by atoms with Gasteiger partial charge in [-0.15, -0.1) is 0 Å². The lowest BCUT2D eigenvalue weighted by atomic mass is 9.94. The molecule has 0 saturated heterocycles. The van der Waals surface area contributed by atoms with Crippen LogP contribution in [0.25, 0.3) is 22.3 Å². The van der Waals surface area contributed by atoms with Crippen LogP contribution in [0.1, 0.15) is 29.4 Å². The van der Waals surface area contributed by atoms with Gasteiger partial charge in [-0.1, -0.05) is 48.5 Å². The number of aryl methyl sites for hydroxylation is 1. The van der Waals surface area contributed by atoms with Crippen LogP contribution in [0.5, 0.6) is 0 Å². The molecule has 0 fully saturated rings. The summed E-state index contributed by atoms with van der Waals surface area (Å²) in [5.41, 5.74) is 9.07. The third-order valence-corrected chi connectivity index (χ3v) is 4.32. The van der Waals surface area contributed by atoms with Gasteiger partial charge in [-0.05, 0) is 53.3 Å². The summed E-state index contributed by atoms with van der Waals surface area (Å²) in [7, 11) is 0. The summed E-state index contributed by atoms with van der Waals surface area (Å²) >= 11 is 0. The third kappa shape index (κ3) is 1.71. The number of furan rings is 1. The largest absolute Gasteiger partial charge is 0.469 e. The first kappa shape index (κ1) is 12.2. The van der Waals surface area contributed by atoms with Gasteiger partial charge in [0.2, 0.25) is 0 Å². The Kier molecular flexibility index (Phi) is 2.61. The highest BCUT2D eigenvalue weighted by Crippen LogP contribution is 2.47. The van der Waals surface area contributed by atoms with Crippen molar-refractivity contribution >= 4 is 11.1 Å². The van der Waals surface area contributed by atoms with E-state index in [1.54, 1.807) is 6.26 Å². The predicted molar refractivity (Wildman–Crippen MR) is 86.9 cm³/mol. The van der Waals surface area contributed by atoms with E-state index in [9.17, 15) is 0 Å². The molecule has 0 unspecified atom stereocenters. The molecule has 0 atom stereocenters. The summed E-state index contributed by atoms with van der Waals surface area (Å²) in [5, 5.41) is 0. The zero-order valence-electron chi connectivity index (χ0n) is 12.2. The Bertz CT molecular complexity index is 817. The summed E-state index contributed by atoms with van der Waals surface area (Å²) in [4.78, 5) is 0. The number of hydrogen-bond acceptors (Lipinski definition) is 1. The van der Waals surface area contributed by atoms with Crippen LogP contribution in [0, 0.1) is 6.92 Å². The molecule has 0 bridgehead atoms. The second kappa shape index (κ2) is 4.49. The van der Waals surface area contributed by atoms with Gasteiger partial charge in [-0.25, -0.2) is 0 Å². The van der Waals surface area contributed by atoms with Gasteiger partial charge in [0, 0.05) is 5.56 Å². The fraction of sp³-hybridized carbons (Fsp3) is 0.100. The molecule has 0 amide bonds. The van der Waals surface area contributed by atoms with Crippen molar-refractivity contribution in [2.24, 2.45) is 0 Å². The van der Waals surface area contributed by atoms with Gasteiger partial charge in [-0.3, -0.25) is 0 Å². The summed E-state index contributed by atoms with van der Waals surface area (Å²) < 4.78 is 5.49. The number of benzene rings is 2. The number of allylic oxidation sites excluding steroid dienone is 1. The van der Waals surface area contributed by atoms with Crippen molar-refractivity contribution in [2.75, 3.05) is 0 Å². The molecular formula is C20H16O. The highest BCUT2D eigenvalue weighted by molar-refractivity contribution is 6.09. The highest BCUT2D eigenvalue weighted by Gasteiger charge is 2.25. The Morgan fingerprint density at radius 1 is 0.762 bits per heavy atom. The van der Waals surface area contributed by atoms with E-state index in [4.69, 9.17) is 4.42 Å². The maximum atomic E-state index is 5.49. The first-order chi connectivity index (χ1) is 10.3. The average Bonchev–Trinajstić information content (AvgIpc) is 3.08. The second-order valence-electron chi connectivity index (χ2n) is 5.48. The van der Waals surface area contributed by atoms with Crippen LogP contribution in [0.2, 0.25) is 0 Å². The van der Waals surface area contributed by atoms with E-state index in [0.717, 1.165) is 5.76 Å². The van der Waals surface area contributed by atoms with Gasteiger partial charge in [0.15, 0.2) is 0 Å². The molecule has 2 aromatic carbocycles. The fourth-order valence-electron chi connectivity index (χ4n) is 3.33. The van der Waals surface area contributed by atoms with E-state index in [1.165, 1.54) is 39.0 Å². The molecule has 1 aromatic heterocycles. The number of hydrogen-bond donors (Lipinski definition) is 0. The number of fused-ring (bicyclic) bond motifs is 3. The van der Waals surface area contributed by atoms with E-state index < -0.39 is 0 Å². The molecule has 0 N–H and O–H groups in total. The summed E-state index contributed by atoms with van der Waals surface area (Å²) in [5.74, 6) is 0.974. The van der Waals surface area contributed by atoms with Crippen LogP contribution < -0.4 is 0 Å². The summed E-state index contributed by atoms with van der Waals surface area (Å²) in [6.45, 7) is 4.21. The molecule has 0 aliphatic heterocycles. The molecule has 21 heavy (non-hydrogen) atoms. The van der Waals surface area contributed by atoms with E-state index in [0.29, 0.717) is 0 Å². The van der Waals surface area contributed by atoms with E-state index in [-0.39, 0.29) is 0 Å². The topological polar surface area (TPSA) is 13.1 Å². The molecule has 0 spiro atoms. The van der Waals surface area contributed by atoms with Crippen LogP contribution in [0.3, 0.4) is 0 Å². The molecule has 0 saturated carbocycles. The minimum Gasteiger partial charge on any atom is -0.469 e. The molecule has 1 heteroatoms. The SMILES string of the molecule is CC(=C1c2ccccc2-c2ccccc21)c1ccoc1C. The Balaban J connectivity index is 2.08. The van der Waals surface area contributed by atoms with Crippen LogP contribution in [-0.2, 0) is 0 Å². The second-order valence-corrected chi connectivity index (χ2v) is 5.48. The van der Waals surface area contributed by atoms with Crippen LogP contribution >= 0.6 is 0 Å². The van der Waals surface area contributed by atoms with Crippen LogP contribution in [-0.4, -0.2) is 0 Å². The maximum Gasteiger partial charge on any atom is 0.108 e. The highest BCUT2D eigenvalue weighted by atomic mass is 16.3. The van der Waals surface area contributed by atoms with Gasteiger partial charge >= 0.3 is 0 Å². The lowest BCUT2D eigenvalue weighted by molar-refractivity contribution is 0.533. The Hall–Kier alpha value is -2.54. The lowest BCUT2D eigenvalue weighted by Gasteiger charge is -2.09. The van der Waals surface area contributed by atoms with Crippen molar-refractivity contribution in [1.82, 2.24) is 0 Å². The average molecular weight is 272 g/mol. The smallest absolute Gasteiger partial charge is 0.108 e. The van der Waals surface area contributed by atoms with Crippen molar-refractivity contribution in [3.63, 3.8) is 0 Å². The minimum absolute atomic E-state index is 0.974. The van der Waals surface area contributed by atoms with Crippen molar-refractivity contribution < 1.29 is 4.42 Å². The lowest BCUT2D eigenvalue weighted by Crippen LogP contribution is -1.88. The van der Waals surface area contributed by atoms with Gasteiger partial charge in [0.1, 0.15) is 5.76 Å². The molecule has 1 heterocycles. The van der Waals surface area contributed by atoms with Gasteiger partial charge in [-0.2, -0.15) is 0 Å². The molecule has 102 valence electrons.